The minimum Gasteiger partial charge on any atom is -0.392 e. The number of anilines is 1. The molecule has 1 fully saturated rings. The van der Waals surface area contributed by atoms with Gasteiger partial charge in [0.15, 0.2) is 0 Å². The van der Waals surface area contributed by atoms with Crippen molar-refractivity contribution in [3.05, 3.63) is 24.0 Å². The molecule has 0 atom stereocenters. The zero-order chi connectivity index (χ0) is 11.2. The Labute approximate surface area is 97.1 Å². The third kappa shape index (κ3) is 2.73. The van der Waals surface area contributed by atoms with Crippen molar-refractivity contribution >= 4 is 5.69 Å². The monoisotopic (exact) mass is 220 g/mol. The number of nitrogens with zero attached hydrogens (tertiary/aromatic N) is 2. The highest BCUT2D eigenvalue weighted by Crippen LogP contribution is 2.22. The lowest BCUT2D eigenvalue weighted by Gasteiger charge is -2.28. The number of hydrogen-bond donors (Lipinski definition) is 1. The molecule has 0 unspecified atom stereocenters. The fourth-order valence-corrected chi connectivity index (χ4v) is 2.32. The molecule has 2 rings (SSSR count). The van der Waals surface area contributed by atoms with Crippen LogP contribution in [0.15, 0.2) is 18.5 Å². The Kier molecular flexibility index (Phi) is 4.17. The second-order valence-electron chi connectivity index (χ2n) is 4.42. The van der Waals surface area contributed by atoms with E-state index < -0.39 is 0 Å². The maximum atomic E-state index is 9.32. The van der Waals surface area contributed by atoms with Crippen LogP contribution < -0.4 is 4.90 Å². The van der Waals surface area contributed by atoms with Crippen LogP contribution >= 0.6 is 0 Å². The summed E-state index contributed by atoms with van der Waals surface area (Å²) >= 11 is 0. The minimum atomic E-state index is 0.106. The van der Waals surface area contributed by atoms with E-state index >= 15 is 0 Å². The van der Waals surface area contributed by atoms with Crippen molar-refractivity contribution in [1.82, 2.24) is 4.98 Å². The summed E-state index contributed by atoms with van der Waals surface area (Å²) in [4.78, 5) is 6.54. The Morgan fingerprint density at radius 2 is 1.81 bits per heavy atom. The van der Waals surface area contributed by atoms with Gasteiger partial charge in [-0.05, 0) is 18.9 Å². The molecule has 0 amide bonds. The first kappa shape index (κ1) is 11.4. The Morgan fingerprint density at radius 1 is 1.12 bits per heavy atom. The highest BCUT2D eigenvalue weighted by molar-refractivity contribution is 5.51. The fourth-order valence-electron chi connectivity index (χ4n) is 2.32. The van der Waals surface area contributed by atoms with Gasteiger partial charge in [0.05, 0.1) is 18.5 Å². The van der Waals surface area contributed by atoms with Gasteiger partial charge in [0.2, 0.25) is 0 Å². The molecule has 88 valence electrons. The van der Waals surface area contributed by atoms with E-state index in [4.69, 9.17) is 0 Å². The zero-order valence-corrected chi connectivity index (χ0v) is 9.73. The molecule has 1 aromatic heterocycles. The van der Waals surface area contributed by atoms with E-state index in [-0.39, 0.29) is 6.61 Å². The van der Waals surface area contributed by atoms with Gasteiger partial charge in [-0.1, -0.05) is 19.3 Å². The van der Waals surface area contributed by atoms with Gasteiger partial charge in [0, 0.05) is 24.8 Å². The van der Waals surface area contributed by atoms with E-state index in [0.717, 1.165) is 24.3 Å². The molecule has 0 bridgehead atoms. The molecule has 1 aromatic rings. The molecule has 0 aliphatic carbocycles. The van der Waals surface area contributed by atoms with Crippen LogP contribution in [0.2, 0.25) is 0 Å². The molecule has 0 radical (unpaired) electrons. The first-order chi connectivity index (χ1) is 7.92. The lowest BCUT2D eigenvalue weighted by molar-refractivity contribution is 0.282. The van der Waals surface area contributed by atoms with Crippen molar-refractivity contribution in [1.29, 1.82) is 0 Å². The van der Waals surface area contributed by atoms with E-state index in [1.54, 1.807) is 6.20 Å². The van der Waals surface area contributed by atoms with Gasteiger partial charge in [-0.3, -0.25) is 4.98 Å². The van der Waals surface area contributed by atoms with Crippen molar-refractivity contribution in [3.8, 4) is 0 Å². The number of aliphatic hydroxyl groups excluding tert-OH is 1. The zero-order valence-electron chi connectivity index (χ0n) is 9.73. The van der Waals surface area contributed by atoms with Crippen molar-refractivity contribution in [3.63, 3.8) is 0 Å². The standard InChI is InChI=1S/C13H20N2O/c16-11-12-6-7-14-10-13(12)15-8-4-2-1-3-5-9-15/h6-7,10,16H,1-5,8-9,11H2. The Balaban J connectivity index is 2.13. The van der Waals surface area contributed by atoms with Crippen molar-refractivity contribution in [2.45, 2.75) is 38.7 Å². The fraction of sp³-hybridized carbons (Fsp3) is 0.615. The number of aromatic nitrogens is 1. The van der Waals surface area contributed by atoms with Crippen LogP contribution in [0, 0.1) is 0 Å². The van der Waals surface area contributed by atoms with E-state index in [1.807, 2.05) is 12.3 Å². The largest absolute Gasteiger partial charge is 0.392 e. The van der Waals surface area contributed by atoms with Gasteiger partial charge < -0.3 is 10.0 Å². The van der Waals surface area contributed by atoms with Crippen molar-refractivity contribution < 1.29 is 5.11 Å². The van der Waals surface area contributed by atoms with Gasteiger partial charge in [0.25, 0.3) is 0 Å². The van der Waals surface area contributed by atoms with Gasteiger partial charge in [-0.15, -0.1) is 0 Å². The molecule has 3 nitrogen and oxygen atoms in total. The summed E-state index contributed by atoms with van der Waals surface area (Å²) < 4.78 is 0. The summed E-state index contributed by atoms with van der Waals surface area (Å²) in [5.41, 5.74) is 2.11. The van der Waals surface area contributed by atoms with Crippen LogP contribution in [-0.4, -0.2) is 23.2 Å². The predicted molar refractivity (Wildman–Crippen MR) is 65.5 cm³/mol. The number of aliphatic hydroxyl groups is 1. The topological polar surface area (TPSA) is 36.4 Å². The normalized spacial score (nSPS) is 17.9. The van der Waals surface area contributed by atoms with Crippen molar-refractivity contribution in [2.75, 3.05) is 18.0 Å². The first-order valence-electron chi connectivity index (χ1n) is 6.20. The second-order valence-corrected chi connectivity index (χ2v) is 4.42. The number of rotatable bonds is 2. The maximum absolute atomic E-state index is 9.32. The van der Waals surface area contributed by atoms with E-state index in [1.165, 1.54) is 32.1 Å². The van der Waals surface area contributed by atoms with Crippen LogP contribution in [0.3, 0.4) is 0 Å². The molecular formula is C13H20N2O. The molecule has 1 saturated heterocycles. The molecule has 0 saturated carbocycles. The quantitative estimate of drug-likeness (QED) is 0.831. The molecule has 1 N–H and O–H groups in total. The van der Waals surface area contributed by atoms with Crippen LogP contribution in [0.1, 0.15) is 37.7 Å². The third-order valence-electron chi connectivity index (χ3n) is 3.25. The van der Waals surface area contributed by atoms with E-state index in [9.17, 15) is 5.11 Å². The maximum Gasteiger partial charge on any atom is 0.0703 e. The Bertz CT molecular complexity index is 319. The summed E-state index contributed by atoms with van der Waals surface area (Å²) in [5.74, 6) is 0. The summed E-state index contributed by atoms with van der Waals surface area (Å²) in [6.07, 6.45) is 10.1. The van der Waals surface area contributed by atoms with E-state index in [2.05, 4.69) is 9.88 Å². The predicted octanol–water partition coefficient (Wildman–Crippen LogP) is 2.34. The van der Waals surface area contributed by atoms with Crippen LogP contribution in [-0.2, 0) is 6.61 Å². The molecule has 1 aliphatic rings. The lowest BCUT2D eigenvalue weighted by Crippen LogP contribution is -2.28. The summed E-state index contributed by atoms with van der Waals surface area (Å²) in [6, 6.07) is 1.91. The van der Waals surface area contributed by atoms with Crippen LogP contribution in [0.4, 0.5) is 5.69 Å². The molecular weight excluding hydrogens is 200 g/mol. The first-order valence-corrected chi connectivity index (χ1v) is 6.20. The van der Waals surface area contributed by atoms with E-state index in [0.29, 0.717) is 0 Å². The molecule has 2 heterocycles. The number of hydrogen-bond acceptors (Lipinski definition) is 3. The highest BCUT2D eigenvalue weighted by atomic mass is 16.3. The minimum absolute atomic E-state index is 0.106. The summed E-state index contributed by atoms with van der Waals surface area (Å²) in [5, 5.41) is 9.32. The summed E-state index contributed by atoms with van der Waals surface area (Å²) in [7, 11) is 0. The van der Waals surface area contributed by atoms with Gasteiger partial charge in [0.1, 0.15) is 0 Å². The smallest absolute Gasteiger partial charge is 0.0703 e. The lowest BCUT2D eigenvalue weighted by atomic mass is 10.1. The Morgan fingerprint density at radius 3 is 2.50 bits per heavy atom. The number of pyridine rings is 1. The van der Waals surface area contributed by atoms with Gasteiger partial charge >= 0.3 is 0 Å². The third-order valence-corrected chi connectivity index (χ3v) is 3.25. The Hall–Kier alpha value is -1.09. The average molecular weight is 220 g/mol. The molecule has 0 aromatic carbocycles. The molecule has 16 heavy (non-hydrogen) atoms. The average Bonchev–Trinajstić information content (AvgIpc) is 2.29. The molecule has 3 heteroatoms. The summed E-state index contributed by atoms with van der Waals surface area (Å²) in [6.45, 7) is 2.30. The molecule has 0 spiro atoms. The van der Waals surface area contributed by atoms with Gasteiger partial charge in [-0.2, -0.15) is 0 Å². The SMILES string of the molecule is OCc1ccncc1N1CCCCCCC1. The molecule has 1 aliphatic heterocycles. The van der Waals surface area contributed by atoms with Crippen LogP contribution in [0.5, 0.6) is 0 Å². The highest BCUT2D eigenvalue weighted by Gasteiger charge is 2.12. The van der Waals surface area contributed by atoms with Gasteiger partial charge in [-0.25, -0.2) is 0 Å². The second kappa shape index (κ2) is 5.85. The van der Waals surface area contributed by atoms with Crippen molar-refractivity contribution in [2.24, 2.45) is 0 Å². The van der Waals surface area contributed by atoms with Crippen LogP contribution in [0.25, 0.3) is 0 Å².